The first-order valence-corrected chi connectivity index (χ1v) is 16.5. The molecule has 240 valence electrons. The fourth-order valence-corrected chi connectivity index (χ4v) is 6.64. The summed E-state index contributed by atoms with van der Waals surface area (Å²) in [5.41, 5.74) is 12.6. The van der Waals surface area contributed by atoms with Crippen molar-refractivity contribution in [2.45, 2.75) is 13.3 Å². The van der Waals surface area contributed by atoms with E-state index in [1.807, 2.05) is 19.2 Å². The third kappa shape index (κ3) is 6.78. The van der Waals surface area contributed by atoms with Gasteiger partial charge in [0.1, 0.15) is 0 Å². The molecular formula is C44H37N3O2. The molecule has 0 N–H and O–H groups in total. The van der Waals surface area contributed by atoms with Crippen molar-refractivity contribution < 1.29 is 4.92 Å². The Hall–Kier alpha value is -6.20. The van der Waals surface area contributed by atoms with E-state index in [2.05, 4.69) is 150 Å². The Labute approximate surface area is 287 Å². The number of benzene rings is 6. The molecule has 7 rings (SSSR count). The lowest BCUT2D eigenvalue weighted by Crippen LogP contribution is -2.23. The highest BCUT2D eigenvalue weighted by Gasteiger charge is 2.21. The first-order valence-electron chi connectivity index (χ1n) is 16.5. The molecule has 0 radical (unpaired) electrons. The number of hydrogen-bond donors (Lipinski definition) is 0. The van der Waals surface area contributed by atoms with Gasteiger partial charge in [-0.1, -0.05) is 110 Å². The number of allylic oxidation sites excluding steroid dienone is 4. The second kappa shape index (κ2) is 13.9. The number of rotatable bonds is 9. The second-order valence-corrected chi connectivity index (χ2v) is 12.4. The van der Waals surface area contributed by atoms with E-state index in [-0.39, 0.29) is 16.5 Å². The third-order valence-corrected chi connectivity index (χ3v) is 9.24. The molecular weight excluding hydrogens is 603 g/mol. The van der Waals surface area contributed by atoms with Crippen LogP contribution in [0.25, 0.3) is 27.8 Å². The molecule has 6 aromatic carbocycles. The molecule has 49 heavy (non-hydrogen) atoms. The summed E-state index contributed by atoms with van der Waals surface area (Å²) in [6.45, 7) is 2.23. The van der Waals surface area contributed by atoms with E-state index in [4.69, 9.17) is 0 Å². The smallest absolute Gasteiger partial charge is 0.269 e. The van der Waals surface area contributed by atoms with Gasteiger partial charge in [0.05, 0.1) is 4.92 Å². The lowest BCUT2D eigenvalue weighted by atomic mass is 9.88. The SMILES string of the molecule is CC1CC(c2ccc(N(c3cccc(-c4ccccc4)c3)c3cccc(-c4ccccc4)c3)cc2)=CC=C1N(C)c1ccc([N+](=O)[O-])cc1. The summed E-state index contributed by atoms with van der Waals surface area (Å²) in [5, 5.41) is 11.1. The Morgan fingerprint density at radius 1 is 0.551 bits per heavy atom. The first-order chi connectivity index (χ1) is 23.9. The van der Waals surface area contributed by atoms with Crippen molar-refractivity contribution in [2.75, 3.05) is 16.8 Å². The normalized spacial score (nSPS) is 14.0. The summed E-state index contributed by atoms with van der Waals surface area (Å²) < 4.78 is 0. The van der Waals surface area contributed by atoms with Crippen molar-refractivity contribution in [2.24, 2.45) is 5.92 Å². The molecule has 6 aromatic rings. The van der Waals surface area contributed by atoms with Crippen LogP contribution in [-0.4, -0.2) is 12.0 Å². The van der Waals surface area contributed by atoms with Gasteiger partial charge >= 0.3 is 0 Å². The van der Waals surface area contributed by atoms with Crippen molar-refractivity contribution in [3.05, 3.63) is 191 Å². The lowest BCUT2D eigenvalue weighted by Gasteiger charge is -2.30. The molecule has 1 atom stereocenters. The number of anilines is 4. The highest BCUT2D eigenvalue weighted by molar-refractivity contribution is 5.83. The zero-order valence-electron chi connectivity index (χ0n) is 27.6. The molecule has 1 unspecified atom stereocenters. The van der Waals surface area contributed by atoms with Crippen LogP contribution in [-0.2, 0) is 0 Å². The van der Waals surface area contributed by atoms with Crippen LogP contribution in [0.4, 0.5) is 28.4 Å². The van der Waals surface area contributed by atoms with E-state index >= 15 is 0 Å². The molecule has 5 nitrogen and oxygen atoms in total. The monoisotopic (exact) mass is 639 g/mol. The van der Waals surface area contributed by atoms with Crippen LogP contribution in [0.3, 0.4) is 0 Å². The fraction of sp³-hybridized carbons (Fsp3) is 0.0909. The van der Waals surface area contributed by atoms with Crippen LogP contribution in [0.2, 0.25) is 0 Å². The summed E-state index contributed by atoms with van der Waals surface area (Å²) >= 11 is 0. The lowest BCUT2D eigenvalue weighted by molar-refractivity contribution is -0.384. The third-order valence-electron chi connectivity index (χ3n) is 9.24. The quantitative estimate of drug-likeness (QED) is 0.117. The summed E-state index contributed by atoms with van der Waals surface area (Å²) in [4.78, 5) is 15.2. The van der Waals surface area contributed by atoms with E-state index in [1.54, 1.807) is 24.3 Å². The van der Waals surface area contributed by atoms with Gasteiger partial charge in [-0.3, -0.25) is 10.1 Å². The largest absolute Gasteiger partial charge is 0.348 e. The second-order valence-electron chi connectivity index (χ2n) is 12.4. The van der Waals surface area contributed by atoms with Crippen LogP contribution < -0.4 is 9.80 Å². The van der Waals surface area contributed by atoms with Crippen molar-refractivity contribution in [1.82, 2.24) is 0 Å². The van der Waals surface area contributed by atoms with E-state index in [0.717, 1.165) is 29.2 Å². The number of nitrogens with zero attached hydrogens (tertiary/aromatic N) is 3. The Morgan fingerprint density at radius 3 is 1.57 bits per heavy atom. The number of nitro benzene ring substituents is 1. The Balaban J connectivity index is 1.22. The Bertz CT molecular complexity index is 2050. The Morgan fingerprint density at radius 2 is 1.06 bits per heavy atom. The van der Waals surface area contributed by atoms with Crippen LogP contribution in [0.15, 0.2) is 176 Å². The maximum atomic E-state index is 11.1. The molecule has 0 aliphatic heterocycles. The van der Waals surface area contributed by atoms with Crippen LogP contribution >= 0.6 is 0 Å². The molecule has 0 heterocycles. The minimum Gasteiger partial charge on any atom is -0.348 e. The molecule has 0 amide bonds. The molecule has 0 saturated heterocycles. The molecule has 0 fully saturated rings. The maximum Gasteiger partial charge on any atom is 0.269 e. The van der Waals surface area contributed by atoms with E-state index < -0.39 is 0 Å². The van der Waals surface area contributed by atoms with Gasteiger partial charge in [0.2, 0.25) is 0 Å². The highest BCUT2D eigenvalue weighted by Crippen LogP contribution is 2.40. The number of nitro groups is 1. The molecule has 0 spiro atoms. The number of hydrogen-bond acceptors (Lipinski definition) is 4. The zero-order chi connectivity index (χ0) is 33.7. The van der Waals surface area contributed by atoms with Gasteiger partial charge in [0.15, 0.2) is 0 Å². The van der Waals surface area contributed by atoms with Crippen molar-refractivity contribution in [1.29, 1.82) is 0 Å². The molecule has 0 bridgehead atoms. The minimum atomic E-state index is -0.366. The highest BCUT2D eigenvalue weighted by atomic mass is 16.6. The van der Waals surface area contributed by atoms with Crippen LogP contribution in [0, 0.1) is 16.0 Å². The van der Waals surface area contributed by atoms with Crippen LogP contribution in [0.5, 0.6) is 0 Å². The molecule has 1 aliphatic rings. The van der Waals surface area contributed by atoms with Gasteiger partial charge in [-0.05, 0) is 94.4 Å². The Kier molecular flexibility index (Phi) is 8.90. The number of non-ortho nitro benzene ring substituents is 1. The summed E-state index contributed by atoms with van der Waals surface area (Å²) in [6.07, 6.45) is 5.27. The standard InChI is InChI=1S/C44H37N3O2/c1-32-29-38(21-28-44(32)45(2)39-24-26-41(27-25-39)47(48)49)35-19-22-40(23-20-35)46(42-17-9-15-36(30-42)33-11-5-3-6-12-33)43-18-10-16-37(31-43)34-13-7-4-8-14-34/h3-28,30-32H,29H2,1-2H3. The average Bonchev–Trinajstić information content (AvgIpc) is 3.16. The van der Waals surface area contributed by atoms with Gasteiger partial charge in [0, 0.05) is 53.5 Å². The molecule has 1 aliphatic carbocycles. The molecule has 5 heteroatoms. The summed E-state index contributed by atoms with van der Waals surface area (Å²) in [6, 6.07) is 54.1. The minimum absolute atomic E-state index is 0.0971. The van der Waals surface area contributed by atoms with Crippen molar-refractivity contribution >= 4 is 34.0 Å². The zero-order valence-corrected chi connectivity index (χ0v) is 27.6. The molecule has 0 aromatic heterocycles. The maximum absolute atomic E-state index is 11.1. The fourth-order valence-electron chi connectivity index (χ4n) is 6.64. The van der Waals surface area contributed by atoms with Gasteiger partial charge in [0.25, 0.3) is 5.69 Å². The predicted molar refractivity (Wildman–Crippen MR) is 203 cm³/mol. The first kappa shape index (κ1) is 31.4. The van der Waals surface area contributed by atoms with Gasteiger partial charge < -0.3 is 9.80 Å². The van der Waals surface area contributed by atoms with Gasteiger partial charge in [-0.2, -0.15) is 0 Å². The van der Waals surface area contributed by atoms with Crippen molar-refractivity contribution in [3.8, 4) is 22.3 Å². The van der Waals surface area contributed by atoms with Crippen molar-refractivity contribution in [3.63, 3.8) is 0 Å². The topological polar surface area (TPSA) is 49.6 Å². The predicted octanol–water partition coefficient (Wildman–Crippen LogP) is 11.8. The van der Waals surface area contributed by atoms with Crippen LogP contribution in [0.1, 0.15) is 18.9 Å². The molecule has 0 saturated carbocycles. The van der Waals surface area contributed by atoms with Gasteiger partial charge in [-0.15, -0.1) is 0 Å². The van der Waals surface area contributed by atoms with E-state index in [0.29, 0.717) is 0 Å². The average molecular weight is 640 g/mol. The van der Waals surface area contributed by atoms with E-state index in [9.17, 15) is 10.1 Å². The summed E-state index contributed by atoms with van der Waals surface area (Å²) in [7, 11) is 2.02. The summed E-state index contributed by atoms with van der Waals surface area (Å²) in [5.74, 6) is 0.276. The van der Waals surface area contributed by atoms with Gasteiger partial charge in [-0.25, -0.2) is 0 Å². The van der Waals surface area contributed by atoms with E-state index in [1.165, 1.54) is 39.1 Å².